The van der Waals surface area contributed by atoms with Gasteiger partial charge in [0, 0.05) is 5.54 Å². The summed E-state index contributed by atoms with van der Waals surface area (Å²) in [5.74, 6) is -0.797. The summed E-state index contributed by atoms with van der Waals surface area (Å²) in [7, 11) is 0. The van der Waals surface area contributed by atoms with Gasteiger partial charge in [-0.2, -0.15) is 5.26 Å². The highest BCUT2D eigenvalue weighted by Crippen LogP contribution is 2.39. The first-order chi connectivity index (χ1) is 8.56. The van der Waals surface area contributed by atoms with Crippen LogP contribution in [0.1, 0.15) is 36.8 Å². The summed E-state index contributed by atoms with van der Waals surface area (Å²) in [6.07, 6.45) is 2.83. The van der Waals surface area contributed by atoms with Crippen molar-refractivity contribution in [2.45, 2.75) is 38.1 Å². The fourth-order valence-electron chi connectivity index (χ4n) is 2.43. The zero-order chi connectivity index (χ0) is 13.2. The predicted octanol–water partition coefficient (Wildman–Crippen LogP) is 2.68. The van der Waals surface area contributed by atoms with Gasteiger partial charge in [0.25, 0.3) is 0 Å². The monoisotopic (exact) mass is 244 g/mol. The van der Waals surface area contributed by atoms with Crippen molar-refractivity contribution in [2.24, 2.45) is 0 Å². The Bertz CT molecular complexity index is 513. The van der Waals surface area contributed by atoms with Gasteiger partial charge in [0.2, 0.25) is 0 Å². The van der Waals surface area contributed by atoms with E-state index in [1.54, 1.807) is 6.07 Å². The van der Waals surface area contributed by atoms with Gasteiger partial charge in [-0.25, -0.2) is 0 Å². The molecule has 0 aliphatic heterocycles. The molecule has 0 atom stereocenters. The lowest BCUT2D eigenvalue weighted by Crippen LogP contribution is -2.47. The summed E-state index contributed by atoms with van der Waals surface area (Å²) in [5.41, 5.74) is 1.96. The molecule has 2 rings (SSSR count). The Balaban J connectivity index is 2.28. The molecule has 1 aliphatic carbocycles. The van der Waals surface area contributed by atoms with Crippen molar-refractivity contribution >= 4 is 11.7 Å². The van der Waals surface area contributed by atoms with Gasteiger partial charge in [-0.15, -0.1) is 0 Å². The van der Waals surface area contributed by atoms with E-state index < -0.39 is 5.97 Å². The first-order valence-corrected chi connectivity index (χ1v) is 6.06. The van der Waals surface area contributed by atoms with Gasteiger partial charge < -0.3 is 10.4 Å². The highest BCUT2D eigenvalue weighted by molar-refractivity contribution is 5.71. The molecule has 1 fully saturated rings. The van der Waals surface area contributed by atoms with Crippen LogP contribution in [0.15, 0.2) is 18.2 Å². The molecule has 0 bridgehead atoms. The highest BCUT2D eigenvalue weighted by atomic mass is 16.4. The molecule has 4 nitrogen and oxygen atoms in total. The van der Waals surface area contributed by atoms with Gasteiger partial charge in [0.15, 0.2) is 0 Å². The molecular formula is C14H16N2O2. The van der Waals surface area contributed by atoms with Crippen molar-refractivity contribution in [3.05, 3.63) is 29.3 Å². The van der Waals surface area contributed by atoms with E-state index in [-0.39, 0.29) is 12.0 Å². The van der Waals surface area contributed by atoms with Crippen LogP contribution in [0.25, 0.3) is 0 Å². The van der Waals surface area contributed by atoms with Crippen molar-refractivity contribution in [2.75, 3.05) is 5.32 Å². The zero-order valence-electron chi connectivity index (χ0n) is 10.4. The van der Waals surface area contributed by atoms with Crippen LogP contribution in [0.5, 0.6) is 0 Å². The van der Waals surface area contributed by atoms with Gasteiger partial charge in [0.1, 0.15) is 6.07 Å². The molecule has 0 radical (unpaired) electrons. The molecule has 0 heterocycles. The molecule has 0 amide bonds. The van der Waals surface area contributed by atoms with Crippen molar-refractivity contribution in [1.29, 1.82) is 5.26 Å². The van der Waals surface area contributed by atoms with Gasteiger partial charge in [0.05, 0.1) is 17.7 Å². The van der Waals surface area contributed by atoms with E-state index in [1.165, 1.54) is 0 Å². The van der Waals surface area contributed by atoms with Gasteiger partial charge in [-0.1, -0.05) is 12.1 Å². The third-order valence-electron chi connectivity index (χ3n) is 3.58. The van der Waals surface area contributed by atoms with Crippen LogP contribution in [0.4, 0.5) is 5.69 Å². The van der Waals surface area contributed by atoms with Crippen LogP contribution in [0, 0.1) is 18.3 Å². The third kappa shape index (κ3) is 2.30. The van der Waals surface area contributed by atoms with Crippen LogP contribution in [-0.2, 0) is 4.79 Å². The van der Waals surface area contributed by atoms with Crippen LogP contribution >= 0.6 is 0 Å². The lowest BCUT2D eigenvalue weighted by Gasteiger charge is -2.43. The SMILES string of the molecule is Cc1cccc(C#N)c1NC1(CC(=O)O)CCC1. The number of nitriles is 1. The Labute approximate surface area is 106 Å². The molecular weight excluding hydrogens is 228 g/mol. The summed E-state index contributed by atoms with van der Waals surface area (Å²) in [6.45, 7) is 1.93. The van der Waals surface area contributed by atoms with Crippen molar-refractivity contribution in [3.63, 3.8) is 0 Å². The number of hydrogen-bond acceptors (Lipinski definition) is 3. The number of carboxylic acids is 1. The van der Waals surface area contributed by atoms with Crippen molar-refractivity contribution < 1.29 is 9.90 Å². The number of nitrogens with zero attached hydrogens (tertiary/aromatic N) is 1. The second kappa shape index (κ2) is 4.69. The molecule has 94 valence electrons. The molecule has 0 spiro atoms. The molecule has 0 aromatic heterocycles. The average Bonchev–Trinajstić information content (AvgIpc) is 2.28. The Morgan fingerprint density at radius 3 is 2.78 bits per heavy atom. The Kier molecular flexibility index (Phi) is 3.24. The molecule has 1 aromatic rings. The maximum absolute atomic E-state index is 10.9. The van der Waals surface area contributed by atoms with Gasteiger partial charge in [-0.3, -0.25) is 4.79 Å². The molecule has 4 heteroatoms. The van der Waals surface area contributed by atoms with Crippen molar-refractivity contribution in [3.8, 4) is 6.07 Å². The fourth-order valence-corrected chi connectivity index (χ4v) is 2.43. The molecule has 0 unspecified atom stereocenters. The Morgan fingerprint density at radius 1 is 1.56 bits per heavy atom. The minimum atomic E-state index is -0.797. The summed E-state index contributed by atoms with van der Waals surface area (Å²) in [4.78, 5) is 10.9. The molecule has 18 heavy (non-hydrogen) atoms. The van der Waals surface area contributed by atoms with Gasteiger partial charge >= 0.3 is 5.97 Å². The standard InChI is InChI=1S/C14H16N2O2/c1-10-4-2-5-11(9-15)13(10)16-14(6-3-7-14)8-12(17)18/h2,4-5,16H,3,6-8H2,1H3,(H,17,18). The number of carboxylic acid groups (broad SMARTS) is 1. The second-order valence-electron chi connectivity index (χ2n) is 4.94. The quantitative estimate of drug-likeness (QED) is 0.854. The number of para-hydroxylation sites is 1. The zero-order valence-corrected chi connectivity index (χ0v) is 10.4. The molecule has 1 saturated carbocycles. The van der Waals surface area contributed by atoms with E-state index in [4.69, 9.17) is 10.4 Å². The molecule has 0 saturated heterocycles. The summed E-state index contributed by atoms with van der Waals surface area (Å²) in [6, 6.07) is 7.67. The lowest BCUT2D eigenvalue weighted by atomic mass is 9.74. The average molecular weight is 244 g/mol. The smallest absolute Gasteiger partial charge is 0.305 e. The maximum atomic E-state index is 10.9. The Hall–Kier alpha value is -2.02. The number of nitrogens with one attached hydrogen (secondary N) is 1. The predicted molar refractivity (Wildman–Crippen MR) is 68.4 cm³/mol. The number of benzene rings is 1. The minimum Gasteiger partial charge on any atom is -0.481 e. The van der Waals surface area contributed by atoms with Crippen molar-refractivity contribution in [1.82, 2.24) is 0 Å². The molecule has 1 aromatic carbocycles. The highest BCUT2D eigenvalue weighted by Gasteiger charge is 2.39. The van der Waals surface area contributed by atoms with Crippen LogP contribution in [0.3, 0.4) is 0 Å². The molecule has 2 N–H and O–H groups in total. The number of hydrogen-bond donors (Lipinski definition) is 2. The van der Waals surface area contributed by atoms with E-state index in [2.05, 4.69) is 11.4 Å². The van der Waals surface area contributed by atoms with E-state index in [0.29, 0.717) is 5.56 Å². The second-order valence-corrected chi connectivity index (χ2v) is 4.94. The summed E-state index contributed by atoms with van der Waals surface area (Å²) in [5, 5.41) is 21.4. The number of carbonyl (C=O) groups is 1. The lowest BCUT2D eigenvalue weighted by molar-refractivity contribution is -0.138. The van der Waals surface area contributed by atoms with E-state index >= 15 is 0 Å². The fraction of sp³-hybridized carbons (Fsp3) is 0.429. The number of aryl methyl sites for hydroxylation is 1. The minimum absolute atomic E-state index is 0.103. The normalized spacial score (nSPS) is 16.4. The van der Waals surface area contributed by atoms with Crippen LogP contribution < -0.4 is 5.32 Å². The van der Waals surface area contributed by atoms with Crippen LogP contribution in [0.2, 0.25) is 0 Å². The van der Waals surface area contributed by atoms with Gasteiger partial charge in [-0.05, 0) is 37.8 Å². The Morgan fingerprint density at radius 2 is 2.28 bits per heavy atom. The number of rotatable bonds is 4. The van der Waals surface area contributed by atoms with E-state index in [1.807, 2.05) is 19.1 Å². The number of anilines is 1. The third-order valence-corrected chi connectivity index (χ3v) is 3.58. The number of aliphatic carboxylic acids is 1. The maximum Gasteiger partial charge on any atom is 0.305 e. The first-order valence-electron chi connectivity index (χ1n) is 6.06. The summed E-state index contributed by atoms with van der Waals surface area (Å²) < 4.78 is 0. The molecule has 1 aliphatic rings. The first kappa shape index (κ1) is 12.4. The summed E-state index contributed by atoms with van der Waals surface area (Å²) >= 11 is 0. The van der Waals surface area contributed by atoms with Crippen LogP contribution in [-0.4, -0.2) is 16.6 Å². The van der Waals surface area contributed by atoms with E-state index in [0.717, 1.165) is 30.5 Å². The topological polar surface area (TPSA) is 73.1 Å². The van der Waals surface area contributed by atoms with E-state index in [9.17, 15) is 4.79 Å². The largest absolute Gasteiger partial charge is 0.481 e.